The first-order chi connectivity index (χ1) is 22.1. The summed E-state index contributed by atoms with van der Waals surface area (Å²) in [5.74, 6) is 0.676. The third-order valence-corrected chi connectivity index (χ3v) is 11.0. The molecule has 3 aromatic rings. The highest BCUT2D eigenvalue weighted by Gasteiger charge is 2.38. The molecule has 0 spiro atoms. The first kappa shape index (κ1) is 33.4. The van der Waals surface area contributed by atoms with E-state index < -0.39 is 0 Å². The lowest BCUT2D eigenvalue weighted by molar-refractivity contribution is -0.659. The Balaban J connectivity index is 1.47. The molecule has 0 bridgehead atoms. The van der Waals surface area contributed by atoms with Crippen LogP contribution in [0.1, 0.15) is 10.6 Å². The molecule has 10 heteroatoms. The Labute approximate surface area is 277 Å². The monoisotopic (exact) mass is 663 g/mol. The number of thioether (sulfide) groups is 2. The number of Topliss-reactive ketones (excluding diaryl/α,β-unsaturated/α-hetero) is 1. The number of fused-ring (bicyclic) bond motifs is 1. The van der Waals surface area contributed by atoms with Gasteiger partial charge in [0.1, 0.15) is 4.70 Å². The quantitative estimate of drug-likeness (QED) is 0.0883. The molecule has 0 amide bonds. The maximum absolute atomic E-state index is 13.9. The van der Waals surface area contributed by atoms with Crippen LogP contribution in [0.2, 0.25) is 0 Å². The summed E-state index contributed by atoms with van der Waals surface area (Å²) >= 11 is 4.94. The van der Waals surface area contributed by atoms with E-state index in [0.29, 0.717) is 56.4 Å². The van der Waals surface area contributed by atoms with E-state index in [1.54, 1.807) is 34.9 Å². The number of benzene rings is 2. The van der Waals surface area contributed by atoms with Crippen molar-refractivity contribution < 1.29 is 29.0 Å². The van der Waals surface area contributed by atoms with E-state index in [1.165, 1.54) is 5.56 Å². The smallest absolute Gasteiger partial charge is 0.263 e. The summed E-state index contributed by atoms with van der Waals surface area (Å²) in [6.45, 7) is 10.8. The number of carbonyl (C=O) groups excluding carboxylic acids is 1. The van der Waals surface area contributed by atoms with Gasteiger partial charge in [-0.25, -0.2) is 0 Å². The van der Waals surface area contributed by atoms with Crippen molar-refractivity contribution in [2.24, 2.45) is 0 Å². The van der Waals surface area contributed by atoms with Crippen LogP contribution in [0, 0.1) is 0 Å². The number of hydrogen-bond acceptors (Lipinski definition) is 9. The minimum Gasteiger partial charge on any atom is -0.395 e. The number of hydrogen-bond donors (Lipinski definition) is 2. The molecule has 1 aromatic heterocycles. The van der Waals surface area contributed by atoms with E-state index in [0.717, 1.165) is 25.2 Å². The van der Waals surface area contributed by atoms with Crippen molar-refractivity contribution in [1.29, 1.82) is 0 Å². The number of nitrogens with zero attached hydrogens (tertiary/aromatic N) is 2. The van der Waals surface area contributed by atoms with Crippen LogP contribution in [0.5, 0.6) is 0 Å². The highest BCUT2D eigenvalue weighted by atomic mass is 32.2. The van der Waals surface area contributed by atoms with Gasteiger partial charge in [-0.3, -0.25) is 4.79 Å². The molecule has 0 saturated carbocycles. The van der Waals surface area contributed by atoms with E-state index in [4.69, 9.17) is 14.6 Å². The number of aromatic nitrogens is 1. The van der Waals surface area contributed by atoms with Crippen molar-refractivity contribution in [1.82, 2.24) is 4.90 Å². The molecule has 1 aliphatic carbocycles. The van der Waals surface area contributed by atoms with Crippen LogP contribution in [0.3, 0.4) is 0 Å². The molecular formula is C35H39N2O5S3+. The zero-order chi connectivity index (χ0) is 31.6. The number of rotatable bonds is 17. The Morgan fingerprint density at radius 2 is 1.69 bits per heavy atom. The maximum Gasteiger partial charge on any atom is 0.263 e. The van der Waals surface area contributed by atoms with Crippen LogP contribution in [0.25, 0.3) is 16.3 Å². The number of aliphatic hydroxyl groups is 2. The van der Waals surface area contributed by atoms with Gasteiger partial charge in [-0.2, -0.15) is 4.57 Å². The predicted octanol–water partition coefficient (Wildman–Crippen LogP) is 5.21. The molecule has 0 radical (unpaired) electrons. The number of thiazole rings is 1. The molecule has 45 heavy (non-hydrogen) atoms. The summed E-state index contributed by atoms with van der Waals surface area (Å²) in [5, 5.41) is 20.7. The minimum absolute atomic E-state index is 0.00142. The fourth-order valence-corrected chi connectivity index (χ4v) is 8.74. The van der Waals surface area contributed by atoms with Gasteiger partial charge in [0.2, 0.25) is 5.52 Å². The lowest BCUT2D eigenvalue weighted by Gasteiger charge is -2.27. The molecule has 236 valence electrons. The Bertz CT molecular complexity index is 1600. The largest absolute Gasteiger partial charge is 0.395 e. The molecule has 2 unspecified atom stereocenters. The van der Waals surface area contributed by atoms with Gasteiger partial charge >= 0.3 is 0 Å². The summed E-state index contributed by atoms with van der Waals surface area (Å²) in [6.07, 6.45) is 7.78. The molecule has 2 aliphatic rings. The molecule has 5 rings (SSSR count). The van der Waals surface area contributed by atoms with Crippen LogP contribution in [0.4, 0.5) is 0 Å². The molecule has 2 atom stereocenters. The van der Waals surface area contributed by atoms with Gasteiger partial charge in [0.25, 0.3) is 5.01 Å². The Morgan fingerprint density at radius 3 is 2.42 bits per heavy atom. The van der Waals surface area contributed by atoms with E-state index >= 15 is 0 Å². The maximum atomic E-state index is 13.9. The van der Waals surface area contributed by atoms with Gasteiger partial charge in [-0.05, 0) is 12.1 Å². The molecule has 1 aliphatic heterocycles. The topological polar surface area (TPSA) is 83.1 Å². The average molecular weight is 664 g/mol. The summed E-state index contributed by atoms with van der Waals surface area (Å²) in [7, 11) is 0. The number of ether oxygens (including phenoxy) is 2. The second-order valence-electron chi connectivity index (χ2n) is 10.4. The third-order valence-electron chi connectivity index (χ3n) is 7.47. The van der Waals surface area contributed by atoms with Gasteiger partial charge in [-0.1, -0.05) is 77.7 Å². The first-order valence-corrected chi connectivity index (χ1v) is 17.6. The van der Waals surface area contributed by atoms with Crippen molar-refractivity contribution in [2.75, 3.05) is 51.9 Å². The Hall–Kier alpha value is -2.96. The number of para-hydroxylation sites is 1. The van der Waals surface area contributed by atoms with Gasteiger partial charge in [0.05, 0.1) is 56.0 Å². The van der Waals surface area contributed by atoms with Crippen molar-refractivity contribution in [3.8, 4) is 0 Å². The fraction of sp³-hybridized carbons (Fsp3) is 0.314. The number of ketones is 1. The summed E-state index contributed by atoms with van der Waals surface area (Å²) in [4.78, 5) is 16.9. The summed E-state index contributed by atoms with van der Waals surface area (Å²) < 4.78 is 14.5. The first-order valence-electron chi connectivity index (χ1n) is 15.0. The number of carbonyl (C=O) groups is 1. The number of allylic oxidation sites excluding steroid dienone is 3. The normalized spacial score (nSPS) is 20.0. The van der Waals surface area contributed by atoms with E-state index in [2.05, 4.69) is 46.9 Å². The van der Waals surface area contributed by atoms with Crippen molar-refractivity contribution in [3.05, 3.63) is 118 Å². The second kappa shape index (κ2) is 16.6. The van der Waals surface area contributed by atoms with E-state index in [1.807, 2.05) is 54.6 Å². The molecule has 1 fully saturated rings. The molecule has 7 nitrogen and oxygen atoms in total. The standard InChI is InChI=1S/C35H39N2O5S3/c1-3-28-30(4-2)44-32(36(28)14-15-38)22-26-34(40)27(35(26)43-21-20-42-19-18-41-17-16-39)23-33-37(24-25-10-6-5-7-11-25)29-12-8-9-13-31(29)45-33/h3-13,22-23,28,30,38-39H,1-2,14-21,24H2/q+1. The van der Waals surface area contributed by atoms with Gasteiger partial charge in [0, 0.05) is 46.1 Å². The van der Waals surface area contributed by atoms with E-state index in [9.17, 15) is 9.90 Å². The SMILES string of the molecule is C=CC1S/C(=C/C2=C(SCCOCCOCCO)C(=C\c3sc4ccccc4[n+]3Cc3ccccc3)/C2=O)N(CCO)C1C=C. The number of aliphatic hydroxyl groups excluding tert-OH is 2. The van der Waals surface area contributed by atoms with Gasteiger partial charge in [0.15, 0.2) is 12.3 Å². The van der Waals surface area contributed by atoms with Gasteiger partial charge < -0.3 is 24.6 Å². The Kier molecular flexibility index (Phi) is 12.3. The molecular weight excluding hydrogens is 625 g/mol. The zero-order valence-electron chi connectivity index (χ0n) is 25.2. The van der Waals surface area contributed by atoms with Crippen molar-refractivity contribution >= 4 is 56.9 Å². The van der Waals surface area contributed by atoms with Crippen LogP contribution < -0.4 is 4.57 Å². The minimum atomic E-state index is -0.00950. The molecule has 2 N–H and O–H groups in total. The van der Waals surface area contributed by atoms with E-state index in [-0.39, 0.29) is 30.3 Å². The Morgan fingerprint density at radius 1 is 0.933 bits per heavy atom. The highest BCUT2D eigenvalue weighted by Crippen LogP contribution is 2.46. The molecule has 1 saturated heterocycles. The summed E-state index contributed by atoms with van der Waals surface area (Å²) in [5.41, 5.74) is 3.70. The number of β-amino-alcohol motifs (C(OH)–C–C–N with tert-alkyl or cyclic N) is 1. The highest BCUT2D eigenvalue weighted by molar-refractivity contribution is 8.04. The van der Waals surface area contributed by atoms with Crippen molar-refractivity contribution in [3.63, 3.8) is 0 Å². The third kappa shape index (κ3) is 7.89. The lowest BCUT2D eigenvalue weighted by atomic mass is 9.89. The zero-order valence-corrected chi connectivity index (χ0v) is 27.6. The average Bonchev–Trinajstić information content (AvgIpc) is 3.59. The van der Waals surface area contributed by atoms with Crippen LogP contribution in [-0.4, -0.2) is 84.1 Å². The van der Waals surface area contributed by atoms with Crippen LogP contribution in [-0.2, 0) is 20.8 Å². The fourth-order valence-electron chi connectivity index (χ4n) is 5.31. The molecule has 2 heterocycles. The van der Waals surface area contributed by atoms with Gasteiger partial charge in [-0.15, -0.1) is 24.9 Å². The van der Waals surface area contributed by atoms with Crippen LogP contribution >= 0.6 is 34.9 Å². The second-order valence-corrected chi connectivity index (χ2v) is 13.7. The lowest BCUT2D eigenvalue weighted by Crippen LogP contribution is -2.36. The van der Waals surface area contributed by atoms with Crippen molar-refractivity contribution in [2.45, 2.75) is 17.8 Å². The van der Waals surface area contributed by atoms with Crippen LogP contribution in [0.15, 0.2) is 107 Å². The molecule has 2 aromatic carbocycles. The summed E-state index contributed by atoms with van der Waals surface area (Å²) in [6, 6.07) is 18.7. The predicted molar refractivity (Wildman–Crippen MR) is 186 cm³/mol.